The Kier molecular flexibility index (Phi) is 3.47. The molecule has 0 fully saturated rings. The first-order valence-electron chi connectivity index (χ1n) is 6.70. The second-order valence-corrected chi connectivity index (χ2v) is 4.72. The highest BCUT2D eigenvalue weighted by Crippen LogP contribution is 2.24. The first kappa shape index (κ1) is 12.8. The molecule has 2 heterocycles. The summed E-state index contributed by atoms with van der Waals surface area (Å²) in [5, 5.41) is 9.72. The van der Waals surface area contributed by atoms with E-state index in [1.165, 1.54) is 11.1 Å². The Hall–Kier alpha value is -2.21. The van der Waals surface area contributed by atoms with E-state index >= 15 is 0 Å². The smallest absolute Gasteiger partial charge is 0.292 e. The van der Waals surface area contributed by atoms with E-state index in [1.807, 2.05) is 19.1 Å². The van der Waals surface area contributed by atoms with Crippen LogP contribution < -0.4 is 10.6 Å². The van der Waals surface area contributed by atoms with Gasteiger partial charge in [-0.15, -0.1) is 0 Å². The number of rotatable bonds is 3. The number of aromatic nitrogens is 2. The normalized spacial score (nSPS) is 17.6. The quantitative estimate of drug-likeness (QED) is 0.877. The van der Waals surface area contributed by atoms with Gasteiger partial charge in [0, 0.05) is 13.1 Å². The molecular weight excluding hydrogens is 256 g/mol. The Morgan fingerprint density at radius 1 is 1.45 bits per heavy atom. The van der Waals surface area contributed by atoms with E-state index in [0.717, 1.165) is 13.0 Å². The lowest BCUT2D eigenvalue weighted by atomic mass is 9.96. The monoisotopic (exact) mass is 272 g/mol. The second-order valence-electron chi connectivity index (χ2n) is 4.72. The number of nitrogens with zero attached hydrogens (tertiary/aromatic N) is 2. The van der Waals surface area contributed by atoms with Gasteiger partial charge < -0.3 is 15.2 Å². The third kappa shape index (κ3) is 2.42. The van der Waals surface area contributed by atoms with Crippen LogP contribution in [0.3, 0.4) is 0 Å². The van der Waals surface area contributed by atoms with Gasteiger partial charge in [0.2, 0.25) is 5.89 Å². The zero-order valence-corrected chi connectivity index (χ0v) is 11.2. The Morgan fingerprint density at radius 2 is 2.25 bits per heavy atom. The summed E-state index contributed by atoms with van der Waals surface area (Å²) in [5.74, 6) is 0.238. The average Bonchev–Trinajstić information content (AvgIpc) is 2.97. The van der Waals surface area contributed by atoms with Crippen molar-refractivity contribution in [2.45, 2.75) is 25.9 Å². The van der Waals surface area contributed by atoms with Gasteiger partial charge in [0.1, 0.15) is 0 Å². The van der Waals surface area contributed by atoms with Crippen molar-refractivity contribution in [2.24, 2.45) is 0 Å². The molecule has 1 aromatic carbocycles. The van der Waals surface area contributed by atoms with Crippen molar-refractivity contribution < 1.29 is 9.32 Å². The number of hydrogen-bond donors (Lipinski definition) is 2. The first-order valence-corrected chi connectivity index (χ1v) is 6.70. The summed E-state index contributed by atoms with van der Waals surface area (Å²) in [6.07, 6.45) is 0.785. The average molecular weight is 272 g/mol. The van der Waals surface area contributed by atoms with Crippen molar-refractivity contribution in [3.63, 3.8) is 0 Å². The fourth-order valence-corrected chi connectivity index (χ4v) is 2.34. The van der Waals surface area contributed by atoms with E-state index in [1.54, 1.807) is 0 Å². The highest BCUT2D eigenvalue weighted by Gasteiger charge is 2.25. The lowest BCUT2D eigenvalue weighted by Crippen LogP contribution is -2.29. The molecule has 0 aliphatic carbocycles. The van der Waals surface area contributed by atoms with Crippen LogP contribution >= 0.6 is 0 Å². The van der Waals surface area contributed by atoms with Crippen LogP contribution in [-0.4, -0.2) is 22.6 Å². The molecule has 3 rings (SSSR count). The highest BCUT2D eigenvalue weighted by molar-refractivity contribution is 5.90. The van der Waals surface area contributed by atoms with Crippen molar-refractivity contribution in [1.82, 2.24) is 20.8 Å². The SMILES string of the molecule is CCNC(=O)c1noc(C2Cc3ccccc3CN2)n1. The van der Waals surface area contributed by atoms with E-state index in [4.69, 9.17) is 4.52 Å². The molecule has 0 bridgehead atoms. The molecule has 1 aromatic heterocycles. The Balaban J connectivity index is 1.77. The van der Waals surface area contributed by atoms with Crippen LogP contribution in [0.4, 0.5) is 0 Å². The third-order valence-corrected chi connectivity index (χ3v) is 3.36. The lowest BCUT2D eigenvalue weighted by molar-refractivity contribution is 0.0942. The summed E-state index contributed by atoms with van der Waals surface area (Å²) in [7, 11) is 0. The van der Waals surface area contributed by atoms with E-state index in [0.29, 0.717) is 12.4 Å². The molecule has 6 nitrogen and oxygen atoms in total. The maximum Gasteiger partial charge on any atom is 0.292 e. The van der Waals surface area contributed by atoms with Crippen molar-refractivity contribution in [2.75, 3.05) is 6.54 Å². The fraction of sp³-hybridized carbons (Fsp3) is 0.357. The molecule has 0 spiro atoms. The summed E-state index contributed by atoms with van der Waals surface area (Å²) in [4.78, 5) is 15.8. The predicted octanol–water partition coefficient (Wildman–Crippen LogP) is 1.21. The number of carbonyl (C=O) groups excluding carboxylic acids is 1. The Morgan fingerprint density at radius 3 is 3.05 bits per heavy atom. The van der Waals surface area contributed by atoms with Gasteiger partial charge in [0.15, 0.2) is 0 Å². The molecule has 1 aliphatic heterocycles. The van der Waals surface area contributed by atoms with Gasteiger partial charge >= 0.3 is 0 Å². The van der Waals surface area contributed by atoms with E-state index < -0.39 is 0 Å². The minimum absolute atomic E-state index is 0.0411. The van der Waals surface area contributed by atoms with Crippen LogP contribution in [0.1, 0.15) is 40.6 Å². The molecule has 1 aliphatic rings. The summed E-state index contributed by atoms with van der Waals surface area (Å²) in [6.45, 7) is 3.15. The number of benzene rings is 1. The number of fused-ring (bicyclic) bond motifs is 1. The van der Waals surface area contributed by atoms with Crippen molar-refractivity contribution in [1.29, 1.82) is 0 Å². The standard InChI is InChI=1S/C14H16N4O2/c1-2-15-13(19)12-17-14(20-18-12)11-7-9-5-3-4-6-10(9)8-16-11/h3-6,11,16H,2,7-8H2,1H3,(H,15,19). The van der Waals surface area contributed by atoms with Gasteiger partial charge in [-0.2, -0.15) is 4.98 Å². The third-order valence-electron chi connectivity index (χ3n) is 3.36. The van der Waals surface area contributed by atoms with Crippen molar-refractivity contribution >= 4 is 5.91 Å². The summed E-state index contributed by atoms with van der Waals surface area (Å²) >= 11 is 0. The van der Waals surface area contributed by atoms with Crippen LogP contribution in [0, 0.1) is 0 Å². The summed E-state index contributed by atoms with van der Waals surface area (Å²) in [6, 6.07) is 8.22. The van der Waals surface area contributed by atoms with E-state index in [9.17, 15) is 4.79 Å². The minimum atomic E-state index is -0.307. The highest BCUT2D eigenvalue weighted by atomic mass is 16.5. The van der Waals surface area contributed by atoms with Gasteiger partial charge in [0.25, 0.3) is 11.7 Å². The first-order chi connectivity index (χ1) is 9.78. The van der Waals surface area contributed by atoms with Gasteiger partial charge in [-0.25, -0.2) is 0 Å². The number of hydrogen-bond acceptors (Lipinski definition) is 5. The maximum absolute atomic E-state index is 11.6. The zero-order valence-electron chi connectivity index (χ0n) is 11.2. The maximum atomic E-state index is 11.6. The summed E-state index contributed by atoms with van der Waals surface area (Å²) in [5.41, 5.74) is 2.56. The Bertz CT molecular complexity index is 623. The lowest BCUT2D eigenvalue weighted by Gasteiger charge is -2.23. The van der Waals surface area contributed by atoms with Crippen LogP contribution in [0.15, 0.2) is 28.8 Å². The largest absolute Gasteiger partial charge is 0.349 e. The van der Waals surface area contributed by atoms with Gasteiger partial charge in [-0.05, 0) is 24.5 Å². The van der Waals surface area contributed by atoms with Crippen molar-refractivity contribution in [3.05, 3.63) is 47.1 Å². The molecule has 2 N–H and O–H groups in total. The molecule has 0 saturated carbocycles. The van der Waals surface area contributed by atoms with Crippen LogP contribution in [0.2, 0.25) is 0 Å². The Labute approximate surface area is 116 Å². The van der Waals surface area contributed by atoms with E-state index in [2.05, 4.69) is 32.9 Å². The van der Waals surface area contributed by atoms with Gasteiger partial charge in [0.05, 0.1) is 6.04 Å². The van der Waals surface area contributed by atoms with Crippen molar-refractivity contribution in [3.8, 4) is 0 Å². The molecule has 1 amide bonds. The molecule has 20 heavy (non-hydrogen) atoms. The second kappa shape index (κ2) is 5.42. The molecular formula is C14H16N4O2. The molecule has 1 unspecified atom stereocenters. The molecule has 6 heteroatoms. The zero-order chi connectivity index (χ0) is 13.9. The van der Waals surface area contributed by atoms with Crippen LogP contribution in [0.5, 0.6) is 0 Å². The molecule has 0 saturated heterocycles. The van der Waals surface area contributed by atoms with Crippen LogP contribution in [-0.2, 0) is 13.0 Å². The minimum Gasteiger partial charge on any atom is -0.349 e. The number of amides is 1. The fourth-order valence-electron chi connectivity index (χ4n) is 2.34. The topological polar surface area (TPSA) is 80.0 Å². The molecule has 2 aromatic rings. The van der Waals surface area contributed by atoms with Gasteiger partial charge in [-0.1, -0.05) is 29.4 Å². The van der Waals surface area contributed by atoms with E-state index in [-0.39, 0.29) is 17.8 Å². The molecule has 104 valence electrons. The molecule has 1 atom stereocenters. The number of carbonyl (C=O) groups is 1. The summed E-state index contributed by atoms with van der Waals surface area (Å²) < 4.78 is 5.20. The number of nitrogens with one attached hydrogen (secondary N) is 2. The van der Waals surface area contributed by atoms with Gasteiger partial charge in [-0.3, -0.25) is 4.79 Å². The molecule has 0 radical (unpaired) electrons. The van der Waals surface area contributed by atoms with Crippen LogP contribution in [0.25, 0.3) is 0 Å². The predicted molar refractivity (Wildman–Crippen MR) is 72.0 cm³/mol.